The maximum absolute atomic E-state index is 11.2. The number of halogens is 3. The topological polar surface area (TPSA) is 65.2 Å². The van der Waals surface area contributed by atoms with Crippen LogP contribution in [0.5, 0.6) is 11.5 Å². The van der Waals surface area contributed by atoms with Gasteiger partial charge in [0.05, 0.1) is 12.1 Å². The second kappa shape index (κ2) is 16.9. The predicted molar refractivity (Wildman–Crippen MR) is 172 cm³/mol. The van der Waals surface area contributed by atoms with Gasteiger partial charge in [0.2, 0.25) is 0 Å². The summed E-state index contributed by atoms with van der Waals surface area (Å²) in [5.74, 6) is 0.637. The zero-order valence-corrected chi connectivity index (χ0v) is 34.5. The van der Waals surface area contributed by atoms with E-state index in [0.717, 1.165) is 47.9 Å². The van der Waals surface area contributed by atoms with E-state index >= 15 is 0 Å². The minimum Gasteiger partial charge on any atom is -1.00 e. The van der Waals surface area contributed by atoms with Gasteiger partial charge in [0, 0.05) is 34.7 Å². The zero-order chi connectivity index (χ0) is 30.3. The van der Waals surface area contributed by atoms with Crippen LogP contribution in [0, 0.1) is 0 Å². The van der Waals surface area contributed by atoms with Gasteiger partial charge in [0.25, 0.3) is 0 Å². The Morgan fingerprint density at radius 1 is 0.545 bits per heavy atom. The van der Waals surface area contributed by atoms with Crippen molar-refractivity contribution >= 4 is 12.4 Å². The molecule has 3 rings (SSSR count). The van der Waals surface area contributed by atoms with Crippen LogP contribution >= 0.6 is 0 Å². The summed E-state index contributed by atoms with van der Waals surface area (Å²) in [7, 11) is 0. The first-order chi connectivity index (χ1) is 18.2. The van der Waals surface area contributed by atoms with Gasteiger partial charge in [-0.3, -0.25) is 9.98 Å². The van der Waals surface area contributed by atoms with Gasteiger partial charge in [-0.1, -0.05) is 108 Å². The van der Waals surface area contributed by atoms with Crippen LogP contribution in [0.4, 0.5) is 0 Å². The Kier molecular flexibility index (Phi) is 17.5. The molecule has 1 aliphatic rings. The molecule has 1 aliphatic carbocycles. The predicted octanol–water partition coefficient (Wildman–Crippen LogP) is 0.147. The monoisotopic (exact) mass is 842 g/mol. The van der Waals surface area contributed by atoms with E-state index in [1.165, 1.54) is 11.1 Å². The molecular formula is C36H54Br3CoN2O2. The number of aliphatic imine (C=N–C) groups is 2. The first-order valence-corrected chi connectivity index (χ1v) is 15.0. The van der Waals surface area contributed by atoms with Gasteiger partial charge in [0.1, 0.15) is 11.5 Å². The summed E-state index contributed by atoms with van der Waals surface area (Å²) < 4.78 is 0. The first kappa shape index (κ1) is 45.4. The van der Waals surface area contributed by atoms with Crippen LogP contribution in [0.3, 0.4) is 0 Å². The summed E-state index contributed by atoms with van der Waals surface area (Å²) in [5.41, 5.74) is 5.39. The minimum absolute atomic E-state index is 0. The Bertz CT molecular complexity index is 1180. The molecule has 0 aliphatic heterocycles. The Labute approximate surface area is 309 Å². The number of hydrogen-bond donors (Lipinski definition) is 2. The van der Waals surface area contributed by atoms with Crippen LogP contribution in [-0.4, -0.2) is 34.7 Å². The number of phenols is 2. The van der Waals surface area contributed by atoms with Crippen molar-refractivity contribution in [2.24, 2.45) is 9.98 Å². The fourth-order valence-electron chi connectivity index (χ4n) is 5.31. The van der Waals surface area contributed by atoms with E-state index in [0.29, 0.717) is 11.5 Å². The van der Waals surface area contributed by atoms with Crippen LogP contribution in [0.2, 0.25) is 0 Å². The maximum Gasteiger partial charge on any atom is 3.00 e. The van der Waals surface area contributed by atoms with Crippen LogP contribution in [0.15, 0.2) is 34.3 Å². The number of rotatable bonds is 4. The Morgan fingerprint density at radius 2 is 0.841 bits per heavy atom. The van der Waals surface area contributed by atoms with E-state index in [2.05, 4.69) is 107 Å². The number of nitrogens with zero attached hydrogens (tertiary/aromatic N) is 2. The summed E-state index contributed by atoms with van der Waals surface area (Å²) in [4.78, 5) is 10.1. The summed E-state index contributed by atoms with van der Waals surface area (Å²) in [6, 6.07) is 8.53. The smallest absolute Gasteiger partial charge is 1.00 e. The Hall–Kier alpha value is -0.674. The van der Waals surface area contributed by atoms with Gasteiger partial charge in [-0.25, -0.2) is 0 Å². The van der Waals surface area contributed by atoms with Crippen LogP contribution in [-0.2, 0) is 38.4 Å². The van der Waals surface area contributed by atoms with Gasteiger partial charge in [0.15, 0.2) is 0 Å². The molecule has 2 aromatic rings. The van der Waals surface area contributed by atoms with Crippen molar-refractivity contribution in [3.05, 3.63) is 57.6 Å². The van der Waals surface area contributed by atoms with Gasteiger partial charge < -0.3 is 61.2 Å². The van der Waals surface area contributed by atoms with Crippen molar-refractivity contribution in [3.63, 3.8) is 0 Å². The first-order valence-electron chi connectivity index (χ1n) is 15.0. The maximum atomic E-state index is 11.2. The standard InChI is InChI=1S/C36H54N2O2.3BrH.Co/c1-33(2,3)25-17-23(31(39)27(19-25)35(7,8)9)21-37-29-15-13-14-16-30(29)38-22-24-18-26(34(4,5)6)20-28(32(24)40)36(10,11)12;;;;/h17-22,29-30,39-40H,13-16H2,1-12H3;3*1H;/q;;;;+3/p-3/t29-,30-;;;;/m1..../s1. The summed E-state index contributed by atoms with van der Waals surface area (Å²) >= 11 is 0. The molecule has 0 spiro atoms. The fourth-order valence-corrected chi connectivity index (χ4v) is 5.31. The van der Waals surface area contributed by atoms with Crippen molar-refractivity contribution in [1.82, 2.24) is 0 Å². The molecule has 2 atom stereocenters. The SMILES string of the molecule is CC(C)(C)c1cc(C=N[C@@H]2CCCC[C@H]2N=Cc2cc(C(C)(C)C)cc(C(C)(C)C)c2O)c(O)c(C(C)(C)C)c1.[Br-].[Br-].[Br-].[Co+3]. The molecule has 4 nitrogen and oxygen atoms in total. The molecule has 0 radical (unpaired) electrons. The zero-order valence-electron chi connectivity index (χ0n) is 28.7. The van der Waals surface area contributed by atoms with Crippen molar-refractivity contribution < 1.29 is 77.9 Å². The van der Waals surface area contributed by atoms with Crippen molar-refractivity contribution in [2.75, 3.05) is 0 Å². The molecule has 250 valence electrons. The van der Waals surface area contributed by atoms with Crippen molar-refractivity contribution in [1.29, 1.82) is 0 Å². The molecule has 0 aromatic heterocycles. The van der Waals surface area contributed by atoms with Crippen LogP contribution in [0.1, 0.15) is 142 Å². The third kappa shape index (κ3) is 11.5. The fraction of sp³-hybridized carbons (Fsp3) is 0.611. The van der Waals surface area contributed by atoms with E-state index in [4.69, 9.17) is 9.98 Å². The van der Waals surface area contributed by atoms with Crippen LogP contribution < -0.4 is 50.9 Å². The van der Waals surface area contributed by atoms with Crippen molar-refractivity contribution in [3.8, 4) is 11.5 Å². The molecule has 0 unspecified atom stereocenters. The van der Waals surface area contributed by atoms with E-state index in [-0.39, 0.29) is 101 Å². The molecule has 2 aromatic carbocycles. The minimum atomic E-state index is -0.179. The third-order valence-electron chi connectivity index (χ3n) is 8.13. The van der Waals surface area contributed by atoms with E-state index in [1.54, 1.807) is 0 Å². The largest absolute Gasteiger partial charge is 3.00 e. The second-order valence-corrected chi connectivity index (χ2v) is 15.9. The molecule has 44 heavy (non-hydrogen) atoms. The van der Waals surface area contributed by atoms with Gasteiger partial charge in [-0.05, 0) is 57.8 Å². The number of hydrogen-bond acceptors (Lipinski definition) is 4. The van der Waals surface area contributed by atoms with Gasteiger partial charge in [-0.2, -0.15) is 0 Å². The summed E-state index contributed by atoms with van der Waals surface area (Å²) in [5, 5.41) is 22.5. The Balaban J connectivity index is 0. The molecule has 0 saturated heterocycles. The Morgan fingerprint density at radius 3 is 1.09 bits per heavy atom. The van der Waals surface area contributed by atoms with E-state index in [1.807, 2.05) is 12.4 Å². The van der Waals surface area contributed by atoms with Gasteiger partial charge >= 0.3 is 16.8 Å². The van der Waals surface area contributed by atoms with E-state index in [9.17, 15) is 10.2 Å². The summed E-state index contributed by atoms with van der Waals surface area (Å²) in [6.45, 7) is 26.0. The summed E-state index contributed by atoms with van der Waals surface area (Å²) in [6.07, 6.45) is 7.90. The second-order valence-electron chi connectivity index (χ2n) is 15.9. The van der Waals surface area contributed by atoms with E-state index < -0.39 is 0 Å². The average Bonchev–Trinajstić information content (AvgIpc) is 2.80. The van der Waals surface area contributed by atoms with Gasteiger partial charge in [-0.15, -0.1) is 0 Å². The molecule has 1 fully saturated rings. The molecule has 0 heterocycles. The number of aromatic hydroxyl groups is 2. The quantitative estimate of drug-likeness (QED) is 0.432. The average molecular weight is 845 g/mol. The molecule has 1 saturated carbocycles. The molecule has 0 amide bonds. The van der Waals surface area contributed by atoms with Crippen LogP contribution in [0.25, 0.3) is 0 Å². The number of benzene rings is 2. The molecule has 0 bridgehead atoms. The van der Waals surface area contributed by atoms with Crippen molar-refractivity contribution in [2.45, 2.75) is 143 Å². The normalized spacial score (nSPS) is 17.8. The number of phenolic OH excluding ortho intramolecular Hbond substituents is 2. The molecule has 2 N–H and O–H groups in total. The molecule has 8 heteroatoms. The third-order valence-corrected chi connectivity index (χ3v) is 8.13. The molecular weight excluding hydrogens is 791 g/mol.